The van der Waals surface area contributed by atoms with Crippen LogP contribution >= 0.6 is 0 Å². The Labute approximate surface area is 85.0 Å². The van der Waals surface area contributed by atoms with Crippen molar-refractivity contribution in [3.8, 4) is 0 Å². The van der Waals surface area contributed by atoms with Gasteiger partial charge in [-0.1, -0.05) is 0 Å². The maximum atomic E-state index is 11.1. The molecule has 0 saturated heterocycles. The molecule has 0 atom stereocenters. The lowest BCUT2D eigenvalue weighted by molar-refractivity contribution is -0.153. The zero-order valence-corrected chi connectivity index (χ0v) is 9.13. The fourth-order valence-corrected chi connectivity index (χ4v) is 0.878. The van der Waals surface area contributed by atoms with Gasteiger partial charge in [0, 0.05) is 6.42 Å². The van der Waals surface area contributed by atoms with Crippen molar-refractivity contribution in [1.29, 1.82) is 0 Å². The van der Waals surface area contributed by atoms with E-state index in [4.69, 9.17) is 4.74 Å². The first-order chi connectivity index (χ1) is 6.45. The summed E-state index contributed by atoms with van der Waals surface area (Å²) in [5, 5.41) is 2.91. The van der Waals surface area contributed by atoms with Gasteiger partial charge in [0.25, 0.3) is 0 Å². The Balaban J connectivity index is 3.41. The van der Waals surface area contributed by atoms with E-state index in [1.165, 1.54) is 0 Å². The quantitative estimate of drug-likeness (QED) is 0.394. The number of ether oxygens (including phenoxy) is 1. The zero-order valence-electron chi connectivity index (χ0n) is 9.13. The van der Waals surface area contributed by atoms with Crippen molar-refractivity contribution in [2.45, 2.75) is 39.2 Å². The largest absolute Gasteiger partial charge is 0.459 e. The Morgan fingerprint density at radius 1 is 1.43 bits per heavy atom. The minimum Gasteiger partial charge on any atom is -0.459 e. The Kier molecular flexibility index (Phi) is 6.12. The van der Waals surface area contributed by atoms with Crippen LogP contribution in [0, 0.1) is 0 Å². The maximum absolute atomic E-state index is 11.1. The van der Waals surface area contributed by atoms with Crippen molar-refractivity contribution < 1.29 is 14.3 Å². The summed E-state index contributed by atoms with van der Waals surface area (Å²) < 4.78 is 5.07. The molecule has 0 heterocycles. The second-order valence-electron chi connectivity index (χ2n) is 4.07. The molecule has 0 aromatic carbocycles. The molecule has 4 nitrogen and oxygen atoms in total. The van der Waals surface area contributed by atoms with Crippen molar-refractivity contribution in [3.63, 3.8) is 0 Å². The number of unbranched alkanes of at least 4 members (excludes halogenated alkanes) is 1. The van der Waals surface area contributed by atoms with Crippen molar-refractivity contribution >= 4 is 12.3 Å². The van der Waals surface area contributed by atoms with Crippen molar-refractivity contribution in [2.75, 3.05) is 13.1 Å². The summed E-state index contributed by atoms with van der Waals surface area (Å²) in [6, 6.07) is 0. The number of aldehydes is 1. The molecule has 0 radical (unpaired) electrons. The van der Waals surface area contributed by atoms with E-state index >= 15 is 0 Å². The van der Waals surface area contributed by atoms with E-state index in [0.717, 1.165) is 12.7 Å². The van der Waals surface area contributed by atoms with Gasteiger partial charge in [0.2, 0.25) is 0 Å². The fraction of sp³-hybridized carbons (Fsp3) is 0.800. The van der Waals surface area contributed by atoms with E-state index in [9.17, 15) is 9.59 Å². The third-order valence-corrected chi connectivity index (χ3v) is 1.36. The molecule has 0 aliphatic heterocycles. The third-order valence-electron chi connectivity index (χ3n) is 1.36. The fourth-order valence-electron chi connectivity index (χ4n) is 0.878. The molecule has 0 unspecified atom stereocenters. The minimum atomic E-state index is -0.429. The molecule has 1 N–H and O–H groups in total. The number of nitrogens with one attached hydrogen (secondary N) is 1. The molecule has 0 aliphatic rings. The predicted molar refractivity (Wildman–Crippen MR) is 54.0 cm³/mol. The summed E-state index contributed by atoms with van der Waals surface area (Å²) in [5.41, 5.74) is -0.429. The molecular formula is C10H19NO3. The lowest BCUT2D eigenvalue weighted by Gasteiger charge is -2.19. The number of hydrogen-bond acceptors (Lipinski definition) is 4. The van der Waals surface area contributed by atoms with Crippen LogP contribution in [0.4, 0.5) is 0 Å². The van der Waals surface area contributed by atoms with Gasteiger partial charge in [-0.25, -0.2) is 0 Å². The van der Waals surface area contributed by atoms with Gasteiger partial charge in [-0.3, -0.25) is 4.79 Å². The average Bonchev–Trinajstić information content (AvgIpc) is 2.00. The van der Waals surface area contributed by atoms with Gasteiger partial charge in [0.05, 0.1) is 6.54 Å². The van der Waals surface area contributed by atoms with Crippen LogP contribution in [0.25, 0.3) is 0 Å². The molecule has 0 saturated carbocycles. The first-order valence-corrected chi connectivity index (χ1v) is 4.82. The zero-order chi connectivity index (χ0) is 11.0. The van der Waals surface area contributed by atoms with Gasteiger partial charge in [0.1, 0.15) is 11.9 Å². The Morgan fingerprint density at radius 3 is 2.57 bits per heavy atom. The highest BCUT2D eigenvalue weighted by atomic mass is 16.6. The Morgan fingerprint density at radius 2 is 2.07 bits per heavy atom. The van der Waals surface area contributed by atoms with Gasteiger partial charge in [0.15, 0.2) is 0 Å². The first kappa shape index (κ1) is 13.1. The van der Waals surface area contributed by atoms with Gasteiger partial charge in [-0.2, -0.15) is 0 Å². The second kappa shape index (κ2) is 6.54. The van der Waals surface area contributed by atoms with Crippen LogP contribution in [0.2, 0.25) is 0 Å². The topological polar surface area (TPSA) is 55.4 Å². The summed E-state index contributed by atoms with van der Waals surface area (Å²) in [6.07, 6.45) is 2.16. The summed E-state index contributed by atoms with van der Waals surface area (Å²) in [7, 11) is 0. The van der Waals surface area contributed by atoms with Gasteiger partial charge < -0.3 is 14.8 Å². The third kappa shape index (κ3) is 9.19. The summed E-state index contributed by atoms with van der Waals surface area (Å²) in [6.45, 7) is 6.36. The highest BCUT2D eigenvalue weighted by Crippen LogP contribution is 2.05. The van der Waals surface area contributed by atoms with E-state index in [1.807, 2.05) is 20.8 Å². The van der Waals surface area contributed by atoms with E-state index in [0.29, 0.717) is 13.0 Å². The minimum absolute atomic E-state index is 0.204. The summed E-state index contributed by atoms with van der Waals surface area (Å²) in [4.78, 5) is 21.1. The monoisotopic (exact) mass is 201 g/mol. The molecule has 0 amide bonds. The van der Waals surface area contributed by atoms with Crippen molar-refractivity contribution in [1.82, 2.24) is 5.32 Å². The molecular weight excluding hydrogens is 182 g/mol. The summed E-state index contributed by atoms with van der Waals surface area (Å²) >= 11 is 0. The number of carbonyl (C=O) groups excluding carboxylic acids is 2. The summed E-state index contributed by atoms with van der Waals surface area (Å²) in [5.74, 6) is -0.261. The van der Waals surface area contributed by atoms with Crippen molar-refractivity contribution in [2.24, 2.45) is 0 Å². The molecule has 0 aromatic rings. The predicted octanol–water partition coefficient (Wildman–Crippen LogP) is 0.897. The van der Waals surface area contributed by atoms with Crippen LogP contribution in [0.3, 0.4) is 0 Å². The standard InChI is InChI=1S/C10H19NO3/c1-10(2,3)14-9(13)8-11-6-4-5-7-12/h7,11H,4-6,8H2,1-3H3. The molecule has 0 spiro atoms. The SMILES string of the molecule is CC(C)(C)OC(=O)CNCCCC=O. The highest BCUT2D eigenvalue weighted by Gasteiger charge is 2.15. The van der Waals surface area contributed by atoms with Gasteiger partial charge >= 0.3 is 5.97 Å². The van der Waals surface area contributed by atoms with Crippen LogP contribution in [0.1, 0.15) is 33.6 Å². The average molecular weight is 201 g/mol. The lowest BCUT2D eigenvalue weighted by atomic mass is 10.2. The second-order valence-corrected chi connectivity index (χ2v) is 4.07. The Bertz CT molecular complexity index is 184. The van der Waals surface area contributed by atoms with Crippen LogP contribution in [0.5, 0.6) is 0 Å². The normalized spacial score (nSPS) is 11.1. The van der Waals surface area contributed by atoms with Crippen LogP contribution in [-0.4, -0.2) is 30.9 Å². The van der Waals surface area contributed by atoms with E-state index in [2.05, 4.69) is 5.32 Å². The molecule has 14 heavy (non-hydrogen) atoms. The first-order valence-electron chi connectivity index (χ1n) is 4.82. The molecule has 0 rings (SSSR count). The molecule has 0 aromatic heterocycles. The van der Waals surface area contributed by atoms with Crippen LogP contribution in [-0.2, 0) is 14.3 Å². The van der Waals surface area contributed by atoms with E-state index in [1.54, 1.807) is 0 Å². The van der Waals surface area contributed by atoms with Gasteiger partial charge in [-0.05, 0) is 33.7 Å². The van der Waals surface area contributed by atoms with Crippen molar-refractivity contribution in [3.05, 3.63) is 0 Å². The number of carbonyl (C=O) groups is 2. The highest BCUT2D eigenvalue weighted by molar-refractivity contribution is 5.72. The number of hydrogen-bond donors (Lipinski definition) is 1. The molecule has 4 heteroatoms. The smallest absolute Gasteiger partial charge is 0.320 e. The molecule has 0 bridgehead atoms. The van der Waals surface area contributed by atoms with E-state index in [-0.39, 0.29) is 12.5 Å². The molecule has 82 valence electrons. The van der Waals surface area contributed by atoms with Gasteiger partial charge in [-0.15, -0.1) is 0 Å². The molecule has 0 aliphatic carbocycles. The van der Waals surface area contributed by atoms with Crippen LogP contribution < -0.4 is 5.32 Å². The lowest BCUT2D eigenvalue weighted by Crippen LogP contribution is -2.31. The van der Waals surface area contributed by atoms with Crippen LogP contribution in [0.15, 0.2) is 0 Å². The van der Waals surface area contributed by atoms with E-state index < -0.39 is 5.60 Å². The number of esters is 1. The molecule has 0 fully saturated rings. The maximum Gasteiger partial charge on any atom is 0.320 e. The Hall–Kier alpha value is -0.900. The number of rotatable bonds is 6.